The highest BCUT2D eigenvalue weighted by molar-refractivity contribution is 9.10. The summed E-state index contributed by atoms with van der Waals surface area (Å²) in [5, 5.41) is 11.2. The number of aliphatic imine (C=N–C) groups is 1. The van der Waals surface area contributed by atoms with E-state index in [1.165, 1.54) is 0 Å². The number of halogens is 1. The van der Waals surface area contributed by atoms with Crippen LogP contribution in [-0.4, -0.2) is 11.4 Å². The van der Waals surface area contributed by atoms with E-state index < -0.39 is 0 Å². The van der Waals surface area contributed by atoms with Gasteiger partial charge in [0.2, 0.25) is 0 Å². The Morgan fingerprint density at radius 3 is 2.58 bits per heavy atom. The fourth-order valence-electron chi connectivity index (χ4n) is 1.94. The standard InChI is InChI=1S/C15H11BrN2O/c16-12-5-7-13(8-6-12)18(19)10-11-9-17-15-4-2-1-3-14(11)15/h1-10,19H/b11-10+. The SMILES string of the molecule is ON(/C=C1\C=Nc2ccccc21)c1ccc(Br)cc1. The minimum atomic E-state index is 0.702. The molecule has 4 heteroatoms. The summed E-state index contributed by atoms with van der Waals surface area (Å²) in [6, 6.07) is 15.3. The van der Waals surface area contributed by atoms with E-state index in [2.05, 4.69) is 20.9 Å². The second-order valence-electron chi connectivity index (χ2n) is 4.18. The number of fused-ring (bicyclic) bond motifs is 1. The molecule has 1 heterocycles. The zero-order chi connectivity index (χ0) is 13.2. The lowest BCUT2D eigenvalue weighted by atomic mass is 10.1. The van der Waals surface area contributed by atoms with Crippen molar-refractivity contribution in [2.75, 3.05) is 5.06 Å². The largest absolute Gasteiger partial charge is 0.284 e. The van der Waals surface area contributed by atoms with Gasteiger partial charge in [0.15, 0.2) is 0 Å². The molecule has 1 N–H and O–H groups in total. The van der Waals surface area contributed by atoms with Gasteiger partial charge in [-0.1, -0.05) is 34.1 Å². The first-order valence-corrected chi connectivity index (χ1v) is 6.62. The van der Waals surface area contributed by atoms with Gasteiger partial charge in [-0.05, 0) is 30.3 Å². The van der Waals surface area contributed by atoms with E-state index in [0.29, 0.717) is 5.69 Å². The molecule has 3 rings (SSSR count). The third-order valence-electron chi connectivity index (χ3n) is 2.91. The van der Waals surface area contributed by atoms with Crippen LogP contribution in [0.5, 0.6) is 0 Å². The van der Waals surface area contributed by atoms with Crippen LogP contribution >= 0.6 is 15.9 Å². The van der Waals surface area contributed by atoms with Crippen LogP contribution in [0.4, 0.5) is 11.4 Å². The lowest BCUT2D eigenvalue weighted by Gasteiger charge is -2.13. The van der Waals surface area contributed by atoms with Crippen molar-refractivity contribution in [1.29, 1.82) is 0 Å². The molecule has 19 heavy (non-hydrogen) atoms. The van der Waals surface area contributed by atoms with Crippen LogP contribution in [0, 0.1) is 0 Å². The number of hydrogen-bond donors (Lipinski definition) is 1. The van der Waals surface area contributed by atoms with Crippen molar-refractivity contribution in [3.05, 3.63) is 64.8 Å². The van der Waals surface area contributed by atoms with Gasteiger partial charge in [-0.15, -0.1) is 0 Å². The maximum Gasteiger partial charge on any atom is 0.0709 e. The van der Waals surface area contributed by atoms with Crippen molar-refractivity contribution < 1.29 is 5.21 Å². The predicted molar refractivity (Wildman–Crippen MR) is 81.0 cm³/mol. The Morgan fingerprint density at radius 2 is 1.79 bits per heavy atom. The van der Waals surface area contributed by atoms with Gasteiger partial charge in [0.05, 0.1) is 11.4 Å². The number of anilines is 1. The van der Waals surface area contributed by atoms with Crippen molar-refractivity contribution >= 4 is 39.1 Å². The van der Waals surface area contributed by atoms with Crippen molar-refractivity contribution in [1.82, 2.24) is 0 Å². The Hall–Kier alpha value is -1.91. The van der Waals surface area contributed by atoms with E-state index in [1.807, 2.05) is 48.5 Å². The Balaban J connectivity index is 1.91. The minimum absolute atomic E-state index is 0.702. The number of allylic oxidation sites excluding steroid dienone is 1. The van der Waals surface area contributed by atoms with Crippen LogP contribution in [0.25, 0.3) is 5.57 Å². The number of rotatable bonds is 2. The third-order valence-corrected chi connectivity index (χ3v) is 3.44. The van der Waals surface area contributed by atoms with Crippen LogP contribution in [0.1, 0.15) is 5.56 Å². The number of hydrogen-bond acceptors (Lipinski definition) is 3. The van der Waals surface area contributed by atoms with E-state index >= 15 is 0 Å². The highest BCUT2D eigenvalue weighted by atomic mass is 79.9. The van der Waals surface area contributed by atoms with Crippen LogP contribution < -0.4 is 5.06 Å². The van der Waals surface area contributed by atoms with Crippen molar-refractivity contribution in [3.8, 4) is 0 Å². The second kappa shape index (κ2) is 4.99. The first-order chi connectivity index (χ1) is 9.24. The lowest BCUT2D eigenvalue weighted by Crippen LogP contribution is -2.09. The molecule has 2 aromatic carbocycles. The van der Waals surface area contributed by atoms with E-state index in [1.54, 1.807) is 12.4 Å². The van der Waals surface area contributed by atoms with E-state index in [9.17, 15) is 5.21 Å². The molecule has 3 nitrogen and oxygen atoms in total. The van der Waals surface area contributed by atoms with E-state index in [0.717, 1.165) is 26.4 Å². The summed E-state index contributed by atoms with van der Waals surface area (Å²) in [6.07, 6.45) is 3.42. The molecule has 0 atom stereocenters. The first kappa shape index (κ1) is 12.1. The van der Waals surface area contributed by atoms with Crippen molar-refractivity contribution in [2.45, 2.75) is 0 Å². The second-order valence-corrected chi connectivity index (χ2v) is 5.10. The maximum atomic E-state index is 10.1. The Bertz CT molecular complexity index is 662. The molecule has 0 aromatic heterocycles. The smallest absolute Gasteiger partial charge is 0.0709 e. The quantitative estimate of drug-likeness (QED) is 0.834. The number of benzene rings is 2. The van der Waals surface area contributed by atoms with E-state index in [-0.39, 0.29) is 0 Å². The van der Waals surface area contributed by atoms with Crippen molar-refractivity contribution in [3.63, 3.8) is 0 Å². The zero-order valence-electron chi connectivity index (χ0n) is 9.99. The Morgan fingerprint density at radius 1 is 1.05 bits per heavy atom. The first-order valence-electron chi connectivity index (χ1n) is 5.83. The van der Waals surface area contributed by atoms with Crippen LogP contribution in [0.15, 0.2) is 64.2 Å². The summed E-state index contributed by atoms with van der Waals surface area (Å²) in [5.41, 5.74) is 3.55. The fourth-order valence-corrected chi connectivity index (χ4v) is 2.21. The Labute approximate surface area is 119 Å². The van der Waals surface area contributed by atoms with Gasteiger partial charge >= 0.3 is 0 Å². The molecule has 0 fully saturated rings. The normalized spacial score (nSPS) is 14.7. The molecular formula is C15H11BrN2O. The molecule has 0 unspecified atom stereocenters. The van der Waals surface area contributed by atoms with Gasteiger partial charge in [-0.2, -0.15) is 0 Å². The summed E-state index contributed by atoms with van der Waals surface area (Å²) in [6.45, 7) is 0. The topological polar surface area (TPSA) is 35.8 Å². The molecule has 0 amide bonds. The number of hydroxylamine groups is 1. The fraction of sp³-hybridized carbons (Fsp3) is 0. The molecule has 0 bridgehead atoms. The van der Waals surface area contributed by atoms with Crippen LogP contribution in [0.2, 0.25) is 0 Å². The van der Waals surface area contributed by atoms with Gasteiger partial charge in [-0.25, -0.2) is 5.06 Å². The summed E-state index contributed by atoms with van der Waals surface area (Å²) in [4.78, 5) is 4.30. The number of nitrogens with zero attached hydrogens (tertiary/aromatic N) is 2. The summed E-state index contributed by atoms with van der Waals surface area (Å²) in [7, 11) is 0. The van der Waals surface area contributed by atoms with Gasteiger partial charge < -0.3 is 0 Å². The predicted octanol–water partition coefficient (Wildman–Crippen LogP) is 4.40. The Kier molecular flexibility index (Phi) is 3.19. The third kappa shape index (κ3) is 2.45. The molecule has 94 valence electrons. The molecule has 1 aliphatic heterocycles. The number of para-hydroxylation sites is 1. The maximum absolute atomic E-state index is 10.1. The van der Waals surface area contributed by atoms with Crippen molar-refractivity contribution in [2.24, 2.45) is 4.99 Å². The molecule has 0 radical (unpaired) electrons. The lowest BCUT2D eigenvalue weighted by molar-refractivity contribution is 0.296. The van der Waals surface area contributed by atoms with E-state index in [4.69, 9.17) is 0 Å². The highest BCUT2D eigenvalue weighted by Gasteiger charge is 2.12. The molecule has 0 spiro atoms. The molecule has 2 aromatic rings. The highest BCUT2D eigenvalue weighted by Crippen LogP contribution is 2.31. The average molecular weight is 315 g/mol. The monoisotopic (exact) mass is 314 g/mol. The van der Waals surface area contributed by atoms with Crippen LogP contribution in [0.3, 0.4) is 0 Å². The molecule has 0 aliphatic carbocycles. The molecule has 0 saturated carbocycles. The average Bonchev–Trinajstić information content (AvgIpc) is 2.83. The summed E-state index contributed by atoms with van der Waals surface area (Å²) < 4.78 is 0.977. The summed E-state index contributed by atoms with van der Waals surface area (Å²) in [5.74, 6) is 0. The molecule has 1 aliphatic rings. The molecular weight excluding hydrogens is 304 g/mol. The van der Waals surface area contributed by atoms with Gasteiger partial charge in [0.1, 0.15) is 0 Å². The van der Waals surface area contributed by atoms with Gasteiger partial charge in [-0.3, -0.25) is 10.2 Å². The minimum Gasteiger partial charge on any atom is -0.284 e. The summed E-state index contributed by atoms with van der Waals surface area (Å²) >= 11 is 3.37. The van der Waals surface area contributed by atoms with Crippen LogP contribution in [-0.2, 0) is 0 Å². The molecule has 0 saturated heterocycles. The van der Waals surface area contributed by atoms with Gasteiger partial charge in [0, 0.05) is 28.0 Å². The zero-order valence-corrected chi connectivity index (χ0v) is 11.6. The van der Waals surface area contributed by atoms with Gasteiger partial charge in [0.25, 0.3) is 0 Å².